The van der Waals surface area contributed by atoms with Gasteiger partial charge >= 0.3 is 0 Å². The number of anilines is 2. The minimum Gasteiger partial charge on any atom is -0.370 e. The van der Waals surface area contributed by atoms with Crippen LogP contribution in [0.3, 0.4) is 0 Å². The smallest absolute Gasteiger partial charge is 0.224 e. The summed E-state index contributed by atoms with van der Waals surface area (Å²) in [5.74, 6) is 1.44. The highest BCUT2D eigenvalue weighted by Gasteiger charge is 2.01. The number of rotatable bonds is 7. The molecule has 5 heteroatoms. The predicted molar refractivity (Wildman–Crippen MR) is 104 cm³/mol. The molecule has 3 rings (SSSR count). The van der Waals surface area contributed by atoms with Gasteiger partial charge in [0.2, 0.25) is 5.95 Å². The zero-order valence-corrected chi connectivity index (χ0v) is 14.9. The number of aryl methyl sites for hydroxylation is 1. The Morgan fingerprint density at radius 2 is 1.76 bits per heavy atom. The van der Waals surface area contributed by atoms with Crippen LogP contribution in [0.15, 0.2) is 60.8 Å². The van der Waals surface area contributed by atoms with E-state index in [-0.39, 0.29) is 0 Å². The van der Waals surface area contributed by atoms with Crippen molar-refractivity contribution in [3.63, 3.8) is 0 Å². The van der Waals surface area contributed by atoms with Gasteiger partial charge in [-0.3, -0.25) is 0 Å². The molecule has 0 fully saturated rings. The Labute approximate surface area is 153 Å². The first-order valence-corrected chi connectivity index (χ1v) is 8.68. The normalized spacial score (nSPS) is 10.5. The van der Waals surface area contributed by atoms with E-state index in [2.05, 4.69) is 39.7 Å². The van der Waals surface area contributed by atoms with Crippen LogP contribution in [0.4, 0.5) is 11.8 Å². The van der Waals surface area contributed by atoms with Gasteiger partial charge < -0.3 is 10.6 Å². The largest absolute Gasteiger partial charge is 0.370 e. The molecule has 0 aliphatic heterocycles. The molecule has 0 bridgehead atoms. The van der Waals surface area contributed by atoms with Crippen molar-refractivity contribution in [1.82, 2.24) is 9.97 Å². The average molecular weight is 353 g/mol. The Balaban J connectivity index is 1.52. The fourth-order valence-corrected chi connectivity index (χ4v) is 2.64. The van der Waals surface area contributed by atoms with E-state index >= 15 is 0 Å². The highest BCUT2D eigenvalue weighted by molar-refractivity contribution is 6.30. The van der Waals surface area contributed by atoms with Gasteiger partial charge in [0, 0.05) is 24.3 Å². The molecule has 25 heavy (non-hydrogen) atoms. The molecule has 1 heterocycles. The van der Waals surface area contributed by atoms with Crippen molar-refractivity contribution >= 4 is 23.4 Å². The molecule has 4 nitrogen and oxygen atoms in total. The van der Waals surface area contributed by atoms with E-state index in [1.807, 2.05) is 42.5 Å². The lowest BCUT2D eigenvalue weighted by atomic mass is 10.1. The third-order valence-electron chi connectivity index (χ3n) is 3.99. The maximum Gasteiger partial charge on any atom is 0.224 e. The van der Waals surface area contributed by atoms with Gasteiger partial charge in [0.25, 0.3) is 0 Å². The molecule has 0 aliphatic rings. The summed E-state index contributed by atoms with van der Waals surface area (Å²) >= 11 is 5.90. The molecular weight excluding hydrogens is 332 g/mol. The molecule has 3 aromatic rings. The highest BCUT2D eigenvalue weighted by atomic mass is 35.5. The average Bonchev–Trinajstić information content (AvgIpc) is 2.63. The minimum absolute atomic E-state index is 0.625. The highest BCUT2D eigenvalue weighted by Crippen LogP contribution is 2.12. The molecule has 0 amide bonds. The first-order chi connectivity index (χ1) is 12.2. The van der Waals surface area contributed by atoms with Crippen molar-refractivity contribution in [3.8, 4) is 0 Å². The van der Waals surface area contributed by atoms with Gasteiger partial charge in [-0.15, -0.1) is 0 Å². The van der Waals surface area contributed by atoms with Crippen molar-refractivity contribution in [2.45, 2.75) is 19.9 Å². The molecule has 0 atom stereocenters. The third kappa shape index (κ3) is 5.19. The van der Waals surface area contributed by atoms with Gasteiger partial charge in [-0.05, 0) is 48.2 Å². The fraction of sp³-hybridized carbons (Fsp3) is 0.200. The standard InChI is InChI=1S/C20H21ClN4/c1-15-4-2-3-5-17(15)14-24-20-23-13-11-19(25-20)22-12-10-16-6-8-18(21)9-7-16/h2-9,11,13H,10,12,14H2,1H3,(H2,22,23,24,25). The van der Waals surface area contributed by atoms with E-state index in [0.717, 1.165) is 23.8 Å². The summed E-state index contributed by atoms with van der Waals surface area (Å²) in [6.45, 7) is 3.61. The van der Waals surface area contributed by atoms with E-state index < -0.39 is 0 Å². The SMILES string of the molecule is Cc1ccccc1CNc1nccc(NCCc2ccc(Cl)cc2)n1. The van der Waals surface area contributed by atoms with Gasteiger partial charge in [0.15, 0.2) is 0 Å². The second-order valence-electron chi connectivity index (χ2n) is 5.85. The Kier molecular flexibility index (Phi) is 5.86. The van der Waals surface area contributed by atoms with Gasteiger partial charge in [-0.1, -0.05) is 48.0 Å². The monoisotopic (exact) mass is 352 g/mol. The zero-order valence-electron chi connectivity index (χ0n) is 14.2. The predicted octanol–water partition coefficient (Wildman–Crippen LogP) is 4.71. The van der Waals surface area contributed by atoms with E-state index in [4.69, 9.17) is 11.6 Å². The van der Waals surface area contributed by atoms with E-state index in [9.17, 15) is 0 Å². The first-order valence-electron chi connectivity index (χ1n) is 8.30. The van der Waals surface area contributed by atoms with Crippen molar-refractivity contribution in [3.05, 3.63) is 82.5 Å². The van der Waals surface area contributed by atoms with Crippen LogP contribution in [0.25, 0.3) is 0 Å². The molecule has 2 N–H and O–H groups in total. The van der Waals surface area contributed by atoms with Crippen LogP contribution >= 0.6 is 11.6 Å². The summed E-state index contributed by atoms with van der Waals surface area (Å²) in [5, 5.41) is 7.37. The lowest BCUT2D eigenvalue weighted by molar-refractivity contribution is 0.989. The lowest BCUT2D eigenvalue weighted by Crippen LogP contribution is -2.09. The number of nitrogens with zero attached hydrogens (tertiary/aromatic N) is 2. The van der Waals surface area contributed by atoms with Gasteiger partial charge in [-0.2, -0.15) is 4.98 Å². The van der Waals surface area contributed by atoms with Crippen LogP contribution in [0.1, 0.15) is 16.7 Å². The summed E-state index contributed by atoms with van der Waals surface area (Å²) < 4.78 is 0. The second kappa shape index (κ2) is 8.49. The summed E-state index contributed by atoms with van der Waals surface area (Å²) in [5.41, 5.74) is 3.74. The van der Waals surface area contributed by atoms with Gasteiger partial charge in [0.05, 0.1) is 0 Å². The van der Waals surface area contributed by atoms with E-state index in [1.165, 1.54) is 16.7 Å². The summed E-state index contributed by atoms with van der Waals surface area (Å²) in [6.07, 6.45) is 2.67. The topological polar surface area (TPSA) is 49.8 Å². The molecule has 0 saturated carbocycles. The van der Waals surface area contributed by atoms with Gasteiger partial charge in [0.1, 0.15) is 5.82 Å². The van der Waals surface area contributed by atoms with Crippen molar-refractivity contribution in [2.75, 3.05) is 17.2 Å². The van der Waals surface area contributed by atoms with Crippen molar-refractivity contribution in [1.29, 1.82) is 0 Å². The van der Waals surface area contributed by atoms with Crippen LogP contribution in [0, 0.1) is 6.92 Å². The number of aromatic nitrogens is 2. The van der Waals surface area contributed by atoms with Gasteiger partial charge in [-0.25, -0.2) is 4.98 Å². The molecule has 0 unspecified atom stereocenters. The van der Waals surface area contributed by atoms with Crippen LogP contribution in [0.2, 0.25) is 5.02 Å². The van der Waals surface area contributed by atoms with E-state index in [1.54, 1.807) is 6.20 Å². The third-order valence-corrected chi connectivity index (χ3v) is 4.24. The number of halogens is 1. The lowest BCUT2D eigenvalue weighted by Gasteiger charge is -2.10. The molecule has 0 saturated heterocycles. The molecule has 1 aromatic heterocycles. The fourth-order valence-electron chi connectivity index (χ4n) is 2.51. The zero-order chi connectivity index (χ0) is 17.5. The molecular formula is C20H21ClN4. The molecule has 2 aromatic carbocycles. The molecule has 0 radical (unpaired) electrons. The van der Waals surface area contributed by atoms with Crippen molar-refractivity contribution < 1.29 is 0 Å². The second-order valence-corrected chi connectivity index (χ2v) is 6.29. The Morgan fingerprint density at radius 1 is 0.960 bits per heavy atom. The molecule has 0 aliphatic carbocycles. The van der Waals surface area contributed by atoms with Crippen LogP contribution in [-0.4, -0.2) is 16.5 Å². The van der Waals surface area contributed by atoms with Crippen LogP contribution < -0.4 is 10.6 Å². The van der Waals surface area contributed by atoms with Crippen LogP contribution in [0.5, 0.6) is 0 Å². The number of nitrogens with one attached hydrogen (secondary N) is 2. The molecule has 128 valence electrons. The maximum absolute atomic E-state index is 5.90. The summed E-state index contributed by atoms with van der Waals surface area (Å²) in [4.78, 5) is 8.79. The Bertz CT molecular complexity index is 818. The Hall–Kier alpha value is -2.59. The summed E-state index contributed by atoms with van der Waals surface area (Å²) in [7, 11) is 0. The van der Waals surface area contributed by atoms with Crippen molar-refractivity contribution in [2.24, 2.45) is 0 Å². The Morgan fingerprint density at radius 3 is 2.56 bits per heavy atom. The summed E-state index contributed by atoms with van der Waals surface area (Å²) in [6, 6.07) is 18.1. The number of benzene rings is 2. The number of hydrogen-bond acceptors (Lipinski definition) is 4. The quantitative estimate of drug-likeness (QED) is 0.646. The van der Waals surface area contributed by atoms with Crippen LogP contribution in [-0.2, 0) is 13.0 Å². The van der Waals surface area contributed by atoms with E-state index in [0.29, 0.717) is 12.5 Å². The maximum atomic E-state index is 5.90. The molecule has 0 spiro atoms. The first kappa shape index (κ1) is 17.2. The minimum atomic E-state index is 0.625. The number of hydrogen-bond donors (Lipinski definition) is 2.